The molecule has 0 atom stereocenters. The second-order valence-corrected chi connectivity index (χ2v) is 5.22. The average molecular weight is 172 g/mol. The van der Waals surface area contributed by atoms with E-state index in [1.807, 2.05) is 0 Å². The fourth-order valence-electron chi connectivity index (χ4n) is 1.18. The maximum Gasteiger partial charge on any atom is 0.00381 e. The molecule has 0 nitrogen and oxygen atoms in total. The molecule has 0 saturated heterocycles. The van der Waals surface area contributed by atoms with Gasteiger partial charge in [0.15, 0.2) is 0 Å². The molecule has 0 fully saturated rings. The van der Waals surface area contributed by atoms with Crippen LogP contribution >= 0.6 is 12.2 Å². The van der Waals surface area contributed by atoms with Gasteiger partial charge in [-0.05, 0) is 17.3 Å². The van der Waals surface area contributed by atoms with Gasteiger partial charge in [-0.2, -0.15) is 0 Å². The highest BCUT2D eigenvalue weighted by atomic mass is 32.1. The molecule has 0 aromatic heterocycles. The molecule has 0 amide bonds. The zero-order chi connectivity index (χ0) is 9.28. The fraction of sp³-hybridized carbons (Fsp3) is 0.900. The summed E-state index contributed by atoms with van der Waals surface area (Å²) in [4.78, 5) is 1.19. The fourth-order valence-corrected chi connectivity index (χ4v) is 1.32. The van der Waals surface area contributed by atoms with E-state index in [0.29, 0.717) is 0 Å². The highest BCUT2D eigenvalue weighted by Gasteiger charge is 2.29. The van der Waals surface area contributed by atoms with Crippen molar-refractivity contribution in [1.82, 2.24) is 0 Å². The third kappa shape index (κ3) is 2.90. The Balaban J connectivity index is 4.50. The van der Waals surface area contributed by atoms with Crippen molar-refractivity contribution in [2.24, 2.45) is 10.8 Å². The molecule has 0 radical (unpaired) electrons. The first-order chi connectivity index (χ1) is 4.72. The standard InChI is InChI=1S/C10H20S/c1-7-10(5,6)8(11)9(2,3)4/h7H2,1-6H3. The third-order valence-corrected chi connectivity index (χ3v) is 3.34. The monoisotopic (exact) mass is 172 g/mol. The molecule has 0 aliphatic rings. The Morgan fingerprint density at radius 3 is 1.55 bits per heavy atom. The van der Waals surface area contributed by atoms with Gasteiger partial charge in [0.2, 0.25) is 0 Å². The SMILES string of the molecule is CCC(C)(C)C(=S)C(C)(C)C. The first-order valence-corrected chi connectivity index (χ1v) is 4.67. The van der Waals surface area contributed by atoms with Crippen molar-refractivity contribution in [3.05, 3.63) is 0 Å². The zero-order valence-electron chi connectivity index (χ0n) is 8.62. The molecular weight excluding hydrogens is 152 g/mol. The summed E-state index contributed by atoms with van der Waals surface area (Å²) in [6.07, 6.45) is 1.13. The molecule has 66 valence electrons. The summed E-state index contributed by atoms with van der Waals surface area (Å²) in [7, 11) is 0. The molecule has 0 aromatic rings. The Bertz CT molecular complexity index is 149. The Morgan fingerprint density at radius 1 is 1.09 bits per heavy atom. The van der Waals surface area contributed by atoms with Crippen molar-refractivity contribution >= 4 is 17.1 Å². The first-order valence-electron chi connectivity index (χ1n) is 4.26. The molecule has 0 spiro atoms. The summed E-state index contributed by atoms with van der Waals surface area (Å²) in [5, 5.41) is 0. The summed E-state index contributed by atoms with van der Waals surface area (Å²) < 4.78 is 0. The van der Waals surface area contributed by atoms with Crippen LogP contribution in [0, 0.1) is 10.8 Å². The van der Waals surface area contributed by atoms with Crippen LogP contribution in [-0.2, 0) is 0 Å². The highest BCUT2D eigenvalue weighted by molar-refractivity contribution is 7.80. The van der Waals surface area contributed by atoms with Crippen LogP contribution < -0.4 is 0 Å². The molecule has 0 aromatic carbocycles. The summed E-state index contributed by atoms with van der Waals surface area (Å²) >= 11 is 5.43. The molecule has 1 heteroatoms. The van der Waals surface area contributed by atoms with Gasteiger partial charge in [-0.25, -0.2) is 0 Å². The lowest BCUT2D eigenvalue weighted by Crippen LogP contribution is -2.32. The number of thiocarbonyl (C=S) groups is 1. The van der Waals surface area contributed by atoms with Gasteiger partial charge in [-0.15, -0.1) is 0 Å². The Morgan fingerprint density at radius 2 is 1.45 bits per heavy atom. The minimum atomic E-state index is 0.175. The minimum Gasteiger partial charge on any atom is -0.0885 e. The average Bonchev–Trinajstić information content (AvgIpc) is 1.84. The van der Waals surface area contributed by atoms with Gasteiger partial charge in [0.05, 0.1) is 0 Å². The highest BCUT2D eigenvalue weighted by Crippen LogP contribution is 2.32. The molecule has 0 aliphatic carbocycles. The molecular formula is C10H20S. The van der Waals surface area contributed by atoms with Crippen molar-refractivity contribution in [2.75, 3.05) is 0 Å². The van der Waals surface area contributed by atoms with Crippen molar-refractivity contribution < 1.29 is 0 Å². The van der Waals surface area contributed by atoms with E-state index in [4.69, 9.17) is 12.2 Å². The second-order valence-electron chi connectivity index (χ2n) is 4.82. The quantitative estimate of drug-likeness (QED) is 0.570. The minimum absolute atomic E-state index is 0.175. The summed E-state index contributed by atoms with van der Waals surface area (Å²) in [6.45, 7) is 13.2. The van der Waals surface area contributed by atoms with Gasteiger partial charge in [0.1, 0.15) is 0 Å². The van der Waals surface area contributed by atoms with E-state index in [9.17, 15) is 0 Å². The number of hydrogen-bond acceptors (Lipinski definition) is 1. The Labute approximate surface area is 76.4 Å². The summed E-state index contributed by atoms with van der Waals surface area (Å²) in [5.41, 5.74) is 0.391. The van der Waals surface area contributed by atoms with Crippen molar-refractivity contribution in [3.8, 4) is 0 Å². The molecule has 0 unspecified atom stereocenters. The van der Waals surface area contributed by atoms with Crippen LogP contribution in [0.3, 0.4) is 0 Å². The third-order valence-electron chi connectivity index (χ3n) is 2.18. The summed E-state index contributed by atoms with van der Waals surface area (Å²) in [5.74, 6) is 0. The van der Waals surface area contributed by atoms with Gasteiger partial charge < -0.3 is 0 Å². The number of rotatable bonds is 2. The number of hydrogen-bond donors (Lipinski definition) is 0. The lowest BCUT2D eigenvalue weighted by atomic mass is 9.74. The lowest BCUT2D eigenvalue weighted by Gasteiger charge is -2.33. The van der Waals surface area contributed by atoms with E-state index in [-0.39, 0.29) is 10.8 Å². The lowest BCUT2D eigenvalue weighted by molar-refractivity contribution is 0.445. The topological polar surface area (TPSA) is 0 Å². The summed E-state index contributed by atoms with van der Waals surface area (Å²) in [6, 6.07) is 0. The predicted octanol–water partition coefficient (Wildman–Crippen LogP) is 3.84. The largest absolute Gasteiger partial charge is 0.0885 e. The zero-order valence-corrected chi connectivity index (χ0v) is 9.43. The second kappa shape index (κ2) is 3.22. The molecule has 0 heterocycles. The predicted molar refractivity (Wildman–Crippen MR) is 56.1 cm³/mol. The Hall–Kier alpha value is 0.0900. The van der Waals surface area contributed by atoms with Crippen LogP contribution in [0.25, 0.3) is 0 Å². The van der Waals surface area contributed by atoms with Crippen LogP contribution in [0.1, 0.15) is 48.0 Å². The van der Waals surface area contributed by atoms with Gasteiger partial charge >= 0.3 is 0 Å². The van der Waals surface area contributed by atoms with E-state index in [2.05, 4.69) is 41.5 Å². The van der Waals surface area contributed by atoms with Crippen LogP contribution in [0.2, 0.25) is 0 Å². The van der Waals surface area contributed by atoms with Crippen LogP contribution in [-0.4, -0.2) is 4.86 Å². The maximum absolute atomic E-state index is 5.43. The van der Waals surface area contributed by atoms with E-state index in [1.54, 1.807) is 0 Å². The van der Waals surface area contributed by atoms with Crippen molar-refractivity contribution in [1.29, 1.82) is 0 Å². The van der Waals surface area contributed by atoms with E-state index in [1.165, 1.54) is 4.86 Å². The normalized spacial score (nSPS) is 13.3. The van der Waals surface area contributed by atoms with Crippen LogP contribution in [0.5, 0.6) is 0 Å². The van der Waals surface area contributed by atoms with Crippen LogP contribution in [0.15, 0.2) is 0 Å². The van der Waals surface area contributed by atoms with Gasteiger partial charge in [-0.3, -0.25) is 0 Å². The molecule has 0 aliphatic heterocycles. The van der Waals surface area contributed by atoms with E-state index >= 15 is 0 Å². The van der Waals surface area contributed by atoms with E-state index in [0.717, 1.165) is 6.42 Å². The van der Waals surface area contributed by atoms with Crippen LogP contribution in [0.4, 0.5) is 0 Å². The smallest absolute Gasteiger partial charge is 0.00381 e. The van der Waals surface area contributed by atoms with Crippen molar-refractivity contribution in [2.45, 2.75) is 48.0 Å². The van der Waals surface area contributed by atoms with Crippen molar-refractivity contribution in [3.63, 3.8) is 0 Å². The first kappa shape index (κ1) is 11.1. The van der Waals surface area contributed by atoms with Gasteiger partial charge in [0.25, 0.3) is 0 Å². The van der Waals surface area contributed by atoms with Gasteiger partial charge in [0, 0.05) is 4.86 Å². The maximum atomic E-state index is 5.43. The Kier molecular flexibility index (Phi) is 3.25. The molecule has 0 N–H and O–H groups in total. The molecule has 11 heavy (non-hydrogen) atoms. The molecule has 0 bridgehead atoms. The van der Waals surface area contributed by atoms with E-state index < -0.39 is 0 Å². The molecule has 0 rings (SSSR count). The van der Waals surface area contributed by atoms with Gasteiger partial charge in [-0.1, -0.05) is 53.8 Å². The molecule has 0 saturated carbocycles.